The van der Waals surface area contributed by atoms with Gasteiger partial charge in [0, 0.05) is 13.1 Å². The highest BCUT2D eigenvalue weighted by Crippen LogP contribution is 2.12. The van der Waals surface area contributed by atoms with E-state index in [9.17, 15) is 13.6 Å². The molecule has 0 bridgehead atoms. The molecule has 0 fully saturated rings. The molecule has 3 N–H and O–H groups in total. The average molecular weight is 270 g/mol. The third-order valence-electron chi connectivity index (χ3n) is 2.86. The predicted octanol–water partition coefficient (Wildman–Crippen LogP) is 2.20. The Morgan fingerprint density at radius 2 is 2.00 bits per heavy atom. The van der Waals surface area contributed by atoms with E-state index in [-0.39, 0.29) is 24.9 Å². The molecule has 3 nitrogen and oxygen atoms in total. The fourth-order valence-corrected chi connectivity index (χ4v) is 1.86. The summed E-state index contributed by atoms with van der Waals surface area (Å²) in [6.45, 7) is 4.49. The van der Waals surface area contributed by atoms with Gasteiger partial charge in [-0.05, 0) is 30.0 Å². The lowest BCUT2D eigenvalue weighted by atomic mass is 9.96. The lowest BCUT2D eigenvalue weighted by Gasteiger charge is -2.16. The molecule has 5 heteroatoms. The molecule has 0 saturated heterocycles. The molecule has 19 heavy (non-hydrogen) atoms. The fraction of sp³-hybridized carbons (Fsp3) is 0.500. The highest BCUT2D eigenvalue weighted by atomic mass is 19.2. The number of hydrogen-bond acceptors (Lipinski definition) is 2. The minimum atomic E-state index is -0.913. The molecule has 1 aromatic rings. The van der Waals surface area contributed by atoms with Crippen molar-refractivity contribution in [1.82, 2.24) is 5.32 Å². The molecule has 0 saturated carbocycles. The number of amides is 1. The maximum atomic E-state index is 13.0. The van der Waals surface area contributed by atoms with Crippen LogP contribution >= 0.6 is 0 Å². The smallest absolute Gasteiger partial charge is 0.224 e. The van der Waals surface area contributed by atoms with Crippen molar-refractivity contribution in [3.63, 3.8) is 0 Å². The average Bonchev–Trinajstić information content (AvgIpc) is 2.36. The minimum Gasteiger partial charge on any atom is -0.352 e. The van der Waals surface area contributed by atoms with Crippen molar-refractivity contribution in [3.8, 4) is 0 Å². The third-order valence-corrected chi connectivity index (χ3v) is 2.86. The summed E-state index contributed by atoms with van der Waals surface area (Å²) in [6, 6.07) is 3.57. The molecule has 0 spiro atoms. The van der Waals surface area contributed by atoms with Gasteiger partial charge in [0.1, 0.15) is 0 Å². The zero-order chi connectivity index (χ0) is 14.4. The summed E-state index contributed by atoms with van der Waals surface area (Å²) in [5.41, 5.74) is 6.09. The standard InChI is InChI=1S/C14H20F2N2O/c1-9(2)5-11(7-17)14(19)18-8-10-3-4-12(15)13(16)6-10/h3-4,6,9,11H,5,7-8,17H2,1-2H3,(H,18,19). The third kappa shape index (κ3) is 4.95. The largest absolute Gasteiger partial charge is 0.352 e. The molecule has 1 unspecified atom stereocenters. The summed E-state index contributed by atoms with van der Waals surface area (Å²) in [7, 11) is 0. The first-order chi connectivity index (χ1) is 8.93. The normalized spacial score (nSPS) is 12.5. The Bertz CT molecular complexity index is 435. The minimum absolute atomic E-state index is 0.152. The van der Waals surface area contributed by atoms with Crippen molar-refractivity contribution in [2.45, 2.75) is 26.8 Å². The van der Waals surface area contributed by atoms with Crippen LogP contribution in [0.15, 0.2) is 18.2 Å². The van der Waals surface area contributed by atoms with Crippen molar-refractivity contribution >= 4 is 5.91 Å². The maximum absolute atomic E-state index is 13.0. The van der Waals surface area contributed by atoms with Gasteiger partial charge in [0.2, 0.25) is 5.91 Å². The Morgan fingerprint density at radius 1 is 1.32 bits per heavy atom. The van der Waals surface area contributed by atoms with Crippen LogP contribution in [0.3, 0.4) is 0 Å². The van der Waals surface area contributed by atoms with Crippen LogP contribution in [0.5, 0.6) is 0 Å². The first-order valence-corrected chi connectivity index (χ1v) is 6.35. The highest BCUT2D eigenvalue weighted by molar-refractivity contribution is 5.78. The van der Waals surface area contributed by atoms with Crippen LogP contribution in [0.2, 0.25) is 0 Å². The molecular formula is C14H20F2N2O. The van der Waals surface area contributed by atoms with Gasteiger partial charge < -0.3 is 11.1 Å². The summed E-state index contributed by atoms with van der Waals surface area (Å²) in [4.78, 5) is 11.9. The van der Waals surface area contributed by atoms with Crippen molar-refractivity contribution < 1.29 is 13.6 Å². The van der Waals surface area contributed by atoms with Gasteiger partial charge in [-0.15, -0.1) is 0 Å². The van der Waals surface area contributed by atoms with Gasteiger partial charge in [0.25, 0.3) is 0 Å². The van der Waals surface area contributed by atoms with Gasteiger partial charge in [0.15, 0.2) is 11.6 Å². The number of rotatable bonds is 6. The molecule has 1 amide bonds. The van der Waals surface area contributed by atoms with E-state index < -0.39 is 11.6 Å². The van der Waals surface area contributed by atoms with E-state index in [2.05, 4.69) is 5.32 Å². The quantitative estimate of drug-likeness (QED) is 0.832. The van der Waals surface area contributed by atoms with E-state index in [0.717, 1.165) is 12.1 Å². The number of nitrogens with one attached hydrogen (secondary N) is 1. The first-order valence-electron chi connectivity index (χ1n) is 6.35. The molecular weight excluding hydrogens is 250 g/mol. The van der Waals surface area contributed by atoms with E-state index in [0.29, 0.717) is 17.9 Å². The van der Waals surface area contributed by atoms with Crippen LogP contribution in [0.1, 0.15) is 25.8 Å². The van der Waals surface area contributed by atoms with Crippen LogP contribution in [0.4, 0.5) is 8.78 Å². The second-order valence-electron chi connectivity index (χ2n) is 5.03. The van der Waals surface area contributed by atoms with Gasteiger partial charge in [-0.2, -0.15) is 0 Å². The molecule has 1 atom stereocenters. The highest BCUT2D eigenvalue weighted by Gasteiger charge is 2.17. The van der Waals surface area contributed by atoms with Crippen LogP contribution in [-0.2, 0) is 11.3 Å². The second-order valence-corrected chi connectivity index (χ2v) is 5.03. The fourth-order valence-electron chi connectivity index (χ4n) is 1.86. The number of benzene rings is 1. The Kier molecular flexibility index (Phi) is 5.89. The van der Waals surface area contributed by atoms with Crippen LogP contribution < -0.4 is 11.1 Å². The molecule has 0 aromatic heterocycles. The molecule has 0 radical (unpaired) electrons. The monoisotopic (exact) mass is 270 g/mol. The van der Waals surface area contributed by atoms with Gasteiger partial charge >= 0.3 is 0 Å². The Balaban J connectivity index is 2.55. The lowest BCUT2D eigenvalue weighted by molar-refractivity contribution is -0.125. The molecule has 1 aromatic carbocycles. The van der Waals surface area contributed by atoms with Crippen LogP contribution in [0, 0.1) is 23.5 Å². The number of carbonyl (C=O) groups excluding carboxylic acids is 1. The van der Waals surface area contributed by atoms with E-state index in [4.69, 9.17) is 5.73 Å². The zero-order valence-electron chi connectivity index (χ0n) is 11.2. The first kappa shape index (κ1) is 15.6. The summed E-state index contributed by atoms with van der Waals surface area (Å²) < 4.78 is 25.7. The molecule has 0 aliphatic heterocycles. The molecule has 1 rings (SSSR count). The Morgan fingerprint density at radius 3 is 2.53 bits per heavy atom. The number of halogens is 2. The second kappa shape index (κ2) is 7.19. The van der Waals surface area contributed by atoms with Crippen LogP contribution in [-0.4, -0.2) is 12.5 Å². The van der Waals surface area contributed by atoms with Crippen LogP contribution in [0.25, 0.3) is 0 Å². The zero-order valence-corrected chi connectivity index (χ0v) is 11.2. The SMILES string of the molecule is CC(C)CC(CN)C(=O)NCc1ccc(F)c(F)c1. The van der Waals surface area contributed by atoms with Gasteiger partial charge in [-0.1, -0.05) is 19.9 Å². The summed E-state index contributed by atoms with van der Waals surface area (Å²) in [6.07, 6.45) is 0.708. The molecule has 0 heterocycles. The number of nitrogens with two attached hydrogens (primary N) is 1. The van der Waals surface area contributed by atoms with Crippen molar-refractivity contribution in [3.05, 3.63) is 35.4 Å². The van der Waals surface area contributed by atoms with E-state index in [1.807, 2.05) is 13.8 Å². The van der Waals surface area contributed by atoms with Crippen molar-refractivity contribution in [2.75, 3.05) is 6.54 Å². The summed E-state index contributed by atoms with van der Waals surface area (Å²) in [5.74, 6) is -1.83. The Hall–Kier alpha value is -1.49. The Labute approximate surface area is 112 Å². The lowest BCUT2D eigenvalue weighted by Crippen LogP contribution is -2.35. The van der Waals surface area contributed by atoms with E-state index >= 15 is 0 Å². The topological polar surface area (TPSA) is 55.1 Å². The molecule has 0 aliphatic rings. The van der Waals surface area contributed by atoms with Gasteiger partial charge in [-0.3, -0.25) is 4.79 Å². The predicted molar refractivity (Wildman–Crippen MR) is 70.2 cm³/mol. The molecule has 0 aliphatic carbocycles. The summed E-state index contributed by atoms with van der Waals surface area (Å²) >= 11 is 0. The maximum Gasteiger partial charge on any atom is 0.224 e. The van der Waals surface area contributed by atoms with Crippen molar-refractivity contribution in [2.24, 2.45) is 17.6 Å². The number of hydrogen-bond donors (Lipinski definition) is 2. The van der Waals surface area contributed by atoms with E-state index in [1.165, 1.54) is 6.07 Å². The molecule has 106 valence electrons. The van der Waals surface area contributed by atoms with Gasteiger partial charge in [-0.25, -0.2) is 8.78 Å². The summed E-state index contributed by atoms with van der Waals surface area (Å²) in [5, 5.41) is 2.69. The van der Waals surface area contributed by atoms with Crippen molar-refractivity contribution in [1.29, 1.82) is 0 Å². The van der Waals surface area contributed by atoms with Gasteiger partial charge in [0.05, 0.1) is 5.92 Å². The number of carbonyl (C=O) groups is 1. The van der Waals surface area contributed by atoms with E-state index in [1.54, 1.807) is 0 Å².